The van der Waals surface area contributed by atoms with Gasteiger partial charge in [-0.2, -0.15) is 5.10 Å². The van der Waals surface area contributed by atoms with Gasteiger partial charge in [0.25, 0.3) is 5.91 Å². The molecule has 1 rings (SSSR count). The quantitative estimate of drug-likeness (QED) is 0.850. The Morgan fingerprint density at radius 2 is 2.00 bits per heavy atom. The van der Waals surface area contributed by atoms with Crippen LogP contribution in [-0.4, -0.2) is 44.8 Å². The van der Waals surface area contributed by atoms with Crippen LogP contribution < -0.4 is 0 Å². The van der Waals surface area contributed by atoms with Crippen LogP contribution in [0.25, 0.3) is 0 Å². The lowest BCUT2D eigenvalue weighted by Crippen LogP contribution is -2.38. The highest BCUT2D eigenvalue weighted by Crippen LogP contribution is 2.09. The van der Waals surface area contributed by atoms with E-state index in [0.29, 0.717) is 6.54 Å². The van der Waals surface area contributed by atoms with E-state index in [0.717, 1.165) is 0 Å². The molecule has 0 aliphatic carbocycles. The zero-order valence-corrected chi connectivity index (χ0v) is 11.8. The van der Waals surface area contributed by atoms with Crippen molar-refractivity contribution in [1.29, 1.82) is 0 Å². The SMILES string of the molecule is CC(C)CN(CC(=O)O)C(=O)c1ccn(C(C)C)n1. The molecule has 0 spiro atoms. The summed E-state index contributed by atoms with van der Waals surface area (Å²) in [6.07, 6.45) is 1.73. The number of aromatic nitrogens is 2. The van der Waals surface area contributed by atoms with Gasteiger partial charge >= 0.3 is 5.97 Å². The number of rotatable bonds is 6. The van der Waals surface area contributed by atoms with Crippen molar-refractivity contribution in [1.82, 2.24) is 14.7 Å². The van der Waals surface area contributed by atoms with Gasteiger partial charge in [-0.1, -0.05) is 13.8 Å². The van der Waals surface area contributed by atoms with Crippen molar-refractivity contribution in [2.75, 3.05) is 13.1 Å². The molecule has 1 aromatic rings. The predicted octanol–water partition coefficient (Wildman–Crippen LogP) is 1.65. The first-order valence-electron chi connectivity index (χ1n) is 6.37. The minimum absolute atomic E-state index is 0.166. The molecule has 0 unspecified atom stereocenters. The van der Waals surface area contributed by atoms with Gasteiger partial charge in [0.1, 0.15) is 12.2 Å². The van der Waals surface area contributed by atoms with Crippen LogP contribution in [0.1, 0.15) is 44.2 Å². The molecule has 0 saturated heterocycles. The van der Waals surface area contributed by atoms with Crippen LogP contribution in [0.15, 0.2) is 12.3 Å². The van der Waals surface area contributed by atoms with Crippen molar-refractivity contribution < 1.29 is 14.7 Å². The molecule has 6 nitrogen and oxygen atoms in total. The maximum atomic E-state index is 12.2. The maximum Gasteiger partial charge on any atom is 0.323 e. The summed E-state index contributed by atoms with van der Waals surface area (Å²) in [5, 5.41) is 13.0. The van der Waals surface area contributed by atoms with E-state index in [4.69, 9.17) is 5.11 Å². The molecule has 6 heteroatoms. The summed E-state index contributed by atoms with van der Waals surface area (Å²) < 4.78 is 1.68. The average Bonchev–Trinajstić information content (AvgIpc) is 2.75. The predicted molar refractivity (Wildman–Crippen MR) is 71.0 cm³/mol. The first-order chi connectivity index (χ1) is 8.81. The van der Waals surface area contributed by atoms with Crippen LogP contribution in [0, 0.1) is 5.92 Å². The number of hydrogen-bond acceptors (Lipinski definition) is 3. The molecular weight excluding hydrogens is 246 g/mol. The molecule has 1 N–H and O–H groups in total. The van der Waals surface area contributed by atoms with Crippen LogP contribution in [0.3, 0.4) is 0 Å². The molecule has 0 aliphatic heterocycles. The van der Waals surface area contributed by atoms with E-state index in [9.17, 15) is 9.59 Å². The van der Waals surface area contributed by atoms with E-state index in [-0.39, 0.29) is 30.1 Å². The molecule has 19 heavy (non-hydrogen) atoms. The highest BCUT2D eigenvalue weighted by atomic mass is 16.4. The zero-order chi connectivity index (χ0) is 14.6. The Labute approximate surface area is 113 Å². The van der Waals surface area contributed by atoms with Gasteiger partial charge in [-0.05, 0) is 25.8 Å². The van der Waals surface area contributed by atoms with Gasteiger partial charge in [-0.25, -0.2) is 0 Å². The van der Waals surface area contributed by atoms with Gasteiger partial charge in [-0.15, -0.1) is 0 Å². The standard InChI is InChI=1S/C13H21N3O3/c1-9(2)7-15(8-12(17)18)13(19)11-5-6-16(14-11)10(3)4/h5-6,9-10H,7-8H2,1-4H3,(H,17,18). The lowest BCUT2D eigenvalue weighted by molar-refractivity contribution is -0.137. The lowest BCUT2D eigenvalue weighted by Gasteiger charge is -2.21. The molecule has 106 valence electrons. The van der Waals surface area contributed by atoms with Gasteiger partial charge in [0.15, 0.2) is 0 Å². The molecule has 0 bridgehead atoms. The third kappa shape index (κ3) is 4.39. The van der Waals surface area contributed by atoms with E-state index in [1.165, 1.54) is 4.90 Å². The number of carboxylic acid groups (broad SMARTS) is 1. The Balaban J connectivity index is 2.87. The van der Waals surface area contributed by atoms with Crippen LogP contribution >= 0.6 is 0 Å². The Kier molecular flexibility index (Phi) is 5.09. The number of carboxylic acids is 1. The van der Waals surface area contributed by atoms with Crippen LogP contribution in [-0.2, 0) is 4.79 Å². The Bertz CT molecular complexity index is 452. The van der Waals surface area contributed by atoms with Crippen LogP contribution in [0.2, 0.25) is 0 Å². The Morgan fingerprint density at radius 1 is 1.37 bits per heavy atom. The third-order valence-electron chi connectivity index (χ3n) is 2.56. The van der Waals surface area contributed by atoms with Gasteiger partial charge in [-0.3, -0.25) is 14.3 Å². The van der Waals surface area contributed by atoms with Crippen molar-refractivity contribution in [2.24, 2.45) is 5.92 Å². The lowest BCUT2D eigenvalue weighted by atomic mass is 10.2. The molecule has 0 aliphatic rings. The number of amides is 1. The van der Waals surface area contributed by atoms with Gasteiger partial charge in [0.05, 0.1) is 0 Å². The van der Waals surface area contributed by atoms with E-state index < -0.39 is 5.97 Å². The summed E-state index contributed by atoms with van der Waals surface area (Å²) in [6, 6.07) is 1.79. The molecule has 0 fully saturated rings. The summed E-state index contributed by atoms with van der Waals surface area (Å²) in [7, 11) is 0. The Hall–Kier alpha value is -1.85. The summed E-state index contributed by atoms with van der Waals surface area (Å²) in [5.41, 5.74) is 0.288. The van der Waals surface area contributed by atoms with Crippen molar-refractivity contribution in [3.63, 3.8) is 0 Å². The van der Waals surface area contributed by atoms with Crippen molar-refractivity contribution >= 4 is 11.9 Å². The van der Waals surface area contributed by atoms with E-state index in [2.05, 4.69) is 5.10 Å². The maximum absolute atomic E-state index is 12.2. The average molecular weight is 267 g/mol. The normalized spacial score (nSPS) is 11.1. The van der Waals surface area contributed by atoms with Crippen molar-refractivity contribution in [2.45, 2.75) is 33.7 Å². The van der Waals surface area contributed by atoms with Gasteiger partial charge in [0.2, 0.25) is 0 Å². The topological polar surface area (TPSA) is 75.4 Å². The summed E-state index contributed by atoms with van der Waals surface area (Å²) in [5.74, 6) is -1.15. The molecule has 1 aromatic heterocycles. The summed E-state index contributed by atoms with van der Waals surface area (Å²) in [6.45, 7) is 7.91. The first-order valence-corrected chi connectivity index (χ1v) is 6.37. The Morgan fingerprint density at radius 3 is 2.42 bits per heavy atom. The molecule has 0 saturated carbocycles. The highest BCUT2D eigenvalue weighted by Gasteiger charge is 2.21. The molecule has 0 aromatic carbocycles. The van der Waals surface area contributed by atoms with Gasteiger partial charge in [0, 0.05) is 18.8 Å². The van der Waals surface area contributed by atoms with Crippen LogP contribution in [0.4, 0.5) is 0 Å². The van der Waals surface area contributed by atoms with Crippen LogP contribution in [0.5, 0.6) is 0 Å². The fourth-order valence-corrected chi connectivity index (χ4v) is 1.73. The minimum atomic E-state index is -1.02. The third-order valence-corrected chi connectivity index (χ3v) is 2.56. The van der Waals surface area contributed by atoms with Crippen molar-refractivity contribution in [3.8, 4) is 0 Å². The summed E-state index contributed by atoms with van der Waals surface area (Å²) >= 11 is 0. The molecular formula is C13H21N3O3. The second-order valence-corrected chi connectivity index (χ2v) is 5.25. The summed E-state index contributed by atoms with van der Waals surface area (Å²) in [4.78, 5) is 24.4. The number of carbonyl (C=O) groups excluding carboxylic acids is 1. The number of nitrogens with zero attached hydrogens (tertiary/aromatic N) is 3. The number of hydrogen-bond donors (Lipinski definition) is 1. The molecule has 0 atom stereocenters. The molecule has 1 amide bonds. The van der Waals surface area contributed by atoms with E-state index in [1.807, 2.05) is 27.7 Å². The second-order valence-electron chi connectivity index (χ2n) is 5.25. The van der Waals surface area contributed by atoms with E-state index in [1.54, 1.807) is 16.9 Å². The minimum Gasteiger partial charge on any atom is -0.480 e. The fourth-order valence-electron chi connectivity index (χ4n) is 1.73. The monoisotopic (exact) mass is 267 g/mol. The van der Waals surface area contributed by atoms with Gasteiger partial charge < -0.3 is 10.0 Å². The zero-order valence-electron chi connectivity index (χ0n) is 11.8. The molecule has 1 heterocycles. The van der Waals surface area contributed by atoms with Crippen molar-refractivity contribution in [3.05, 3.63) is 18.0 Å². The highest BCUT2D eigenvalue weighted by molar-refractivity contribution is 5.94. The number of aliphatic carboxylic acids is 1. The smallest absolute Gasteiger partial charge is 0.323 e. The largest absolute Gasteiger partial charge is 0.480 e. The molecule has 0 radical (unpaired) electrons. The fraction of sp³-hybridized carbons (Fsp3) is 0.615. The number of carbonyl (C=O) groups is 2. The second kappa shape index (κ2) is 6.36. The van der Waals surface area contributed by atoms with E-state index >= 15 is 0 Å². The first kappa shape index (κ1) is 15.2.